The molecule has 0 aliphatic heterocycles. The molecule has 2 rings (SSSR count). The summed E-state index contributed by atoms with van der Waals surface area (Å²) in [6.45, 7) is -0.512. The van der Waals surface area contributed by atoms with Gasteiger partial charge in [0.25, 0.3) is 0 Å². The first-order chi connectivity index (χ1) is 11.6. The molecule has 0 aliphatic carbocycles. The summed E-state index contributed by atoms with van der Waals surface area (Å²) in [6.07, 6.45) is 0.962. The van der Waals surface area contributed by atoms with Gasteiger partial charge in [0, 0.05) is 5.02 Å². The first-order valence-corrected chi connectivity index (χ1v) is 10.1. The molecule has 0 aliphatic rings. The molecule has 0 saturated heterocycles. The maximum absolute atomic E-state index is 12.3. The predicted octanol–water partition coefficient (Wildman–Crippen LogP) is 4.70. The Kier molecular flexibility index (Phi) is 6.45. The summed E-state index contributed by atoms with van der Waals surface area (Å²) in [4.78, 5) is 12.3. The second-order valence-corrected chi connectivity index (χ2v) is 8.55. The Morgan fingerprint density at radius 1 is 1.08 bits per heavy atom. The van der Waals surface area contributed by atoms with Crippen LogP contribution in [-0.2, 0) is 14.8 Å². The molecule has 2 aromatic rings. The summed E-state index contributed by atoms with van der Waals surface area (Å²) in [5.41, 5.74) is 0.369. The van der Waals surface area contributed by atoms with Crippen LogP contribution in [0, 0.1) is 0 Å². The Balaban J connectivity index is 2.30. The summed E-state index contributed by atoms with van der Waals surface area (Å²) in [6, 6.07) is 9.04. The van der Waals surface area contributed by atoms with Gasteiger partial charge < -0.3 is 5.32 Å². The molecule has 1 amide bonds. The van der Waals surface area contributed by atoms with Gasteiger partial charge in [-0.25, -0.2) is 8.42 Å². The third-order valence-electron chi connectivity index (χ3n) is 3.09. The molecule has 0 saturated carbocycles. The van der Waals surface area contributed by atoms with E-state index in [1.165, 1.54) is 30.3 Å². The number of nitrogens with zero attached hydrogens (tertiary/aromatic N) is 1. The number of hydrogen-bond acceptors (Lipinski definition) is 3. The number of hydrogen-bond donors (Lipinski definition) is 1. The summed E-state index contributed by atoms with van der Waals surface area (Å²) in [5, 5.41) is 3.36. The fourth-order valence-electron chi connectivity index (χ4n) is 1.98. The Morgan fingerprint density at radius 3 is 2.40 bits per heavy atom. The standard InChI is InChI=1S/C15H12Cl4N2O3S/c1-25(23,24)21(13-4-2-3-11(18)15(13)19)8-14(22)20-12-7-9(16)5-6-10(12)17/h2-7H,8H2,1H3,(H,20,22). The predicted molar refractivity (Wildman–Crippen MR) is 104 cm³/mol. The minimum absolute atomic E-state index is 0.0307. The molecule has 0 bridgehead atoms. The van der Waals surface area contributed by atoms with Crippen molar-refractivity contribution in [1.82, 2.24) is 0 Å². The number of sulfonamides is 1. The number of rotatable bonds is 5. The third kappa shape index (κ3) is 5.15. The first-order valence-electron chi connectivity index (χ1n) is 6.76. The van der Waals surface area contributed by atoms with Gasteiger partial charge in [-0.2, -0.15) is 0 Å². The Bertz CT molecular complexity index is 919. The lowest BCUT2D eigenvalue weighted by Gasteiger charge is -2.23. The lowest BCUT2D eigenvalue weighted by atomic mass is 10.3. The maximum Gasteiger partial charge on any atom is 0.245 e. The Labute approximate surface area is 165 Å². The van der Waals surface area contributed by atoms with E-state index in [0.29, 0.717) is 5.02 Å². The van der Waals surface area contributed by atoms with E-state index < -0.39 is 22.5 Å². The quantitative estimate of drug-likeness (QED) is 0.730. The molecular formula is C15H12Cl4N2O3S. The van der Waals surface area contributed by atoms with Crippen LogP contribution in [0.1, 0.15) is 0 Å². The van der Waals surface area contributed by atoms with Crippen molar-refractivity contribution in [1.29, 1.82) is 0 Å². The van der Waals surface area contributed by atoms with Crippen molar-refractivity contribution in [3.8, 4) is 0 Å². The zero-order chi connectivity index (χ0) is 18.8. The van der Waals surface area contributed by atoms with Crippen LogP contribution in [-0.4, -0.2) is 27.1 Å². The van der Waals surface area contributed by atoms with E-state index in [1.807, 2.05) is 0 Å². The van der Waals surface area contributed by atoms with Gasteiger partial charge in [-0.1, -0.05) is 52.5 Å². The van der Waals surface area contributed by atoms with Gasteiger partial charge in [0.05, 0.1) is 32.7 Å². The molecule has 0 unspecified atom stereocenters. The summed E-state index contributed by atoms with van der Waals surface area (Å²) < 4.78 is 25.1. The van der Waals surface area contributed by atoms with Gasteiger partial charge in [0.2, 0.25) is 15.9 Å². The molecule has 0 aromatic heterocycles. The average molecular weight is 442 g/mol. The van der Waals surface area contributed by atoms with Gasteiger partial charge in [-0.05, 0) is 30.3 Å². The molecular weight excluding hydrogens is 430 g/mol. The lowest BCUT2D eigenvalue weighted by Crippen LogP contribution is -2.37. The molecule has 0 atom stereocenters. The molecule has 10 heteroatoms. The van der Waals surface area contributed by atoms with E-state index in [1.54, 1.807) is 6.07 Å². The molecule has 5 nitrogen and oxygen atoms in total. The number of anilines is 2. The molecule has 2 aromatic carbocycles. The van der Waals surface area contributed by atoms with Crippen LogP contribution in [0.2, 0.25) is 20.1 Å². The van der Waals surface area contributed by atoms with Crippen molar-refractivity contribution in [2.75, 3.05) is 22.4 Å². The monoisotopic (exact) mass is 440 g/mol. The number of amides is 1. The van der Waals surface area contributed by atoms with Crippen molar-refractivity contribution in [3.05, 3.63) is 56.5 Å². The van der Waals surface area contributed by atoms with Crippen molar-refractivity contribution < 1.29 is 13.2 Å². The van der Waals surface area contributed by atoms with Gasteiger partial charge >= 0.3 is 0 Å². The fourth-order valence-corrected chi connectivity index (χ4v) is 3.63. The van der Waals surface area contributed by atoms with Crippen LogP contribution in [0.25, 0.3) is 0 Å². The van der Waals surface area contributed by atoms with Gasteiger partial charge in [-0.15, -0.1) is 0 Å². The van der Waals surface area contributed by atoms with E-state index in [2.05, 4.69) is 5.32 Å². The average Bonchev–Trinajstić information content (AvgIpc) is 2.51. The zero-order valence-electron chi connectivity index (χ0n) is 12.8. The van der Waals surface area contributed by atoms with Gasteiger partial charge in [-0.3, -0.25) is 9.10 Å². The molecule has 25 heavy (non-hydrogen) atoms. The largest absolute Gasteiger partial charge is 0.323 e. The topological polar surface area (TPSA) is 66.5 Å². The molecule has 1 N–H and O–H groups in total. The van der Waals surface area contributed by atoms with E-state index in [4.69, 9.17) is 46.4 Å². The number of carbonyl (C=O) groups is 1. The number of halogens is 4. The third-order valence-corrected chi connectivity index (χ3v) is 5.59. The highest BCUT2D eigenvalue weighted by Gasteiger charge is 2.24. The minimum atomic E-state index is -3.79. The number of benzene rings is 2. The van der Waals surface area contributed by atoms with Crippen molar-refractivity contribution >= 4 is 73.7 Å². The Morgan fingerprint density at radius 2 is 1.76 bits per heavy atom. The minimum Gasteiger partial charge on any atom is -0.323 e. The molecule has 0 fully saturated rings. The van der Waals surface area contributed by atoms with Crippen LogP contribution < -0.4 is 9.62 Å². The smallest absolute Gasteiger partial charge is 0.245 e. The van der Waals surface area contributed by atoms with E-state index in [-0.39, 0.29) is 26.4 Å². The SMILES string of the molecule is CS(=O)(=O)N(CC(=O)Nc1cc(Cl)ccc1Cl)c1cccc(Cl)c1Cl. The second kappa shape index (κ2) is 8.01. The highest BCUT2D eigenvalue weighted by molar-refractivity contribution is 7.92. The van der Waals surface area contributed by atoms with Gasteiger partial charge in [0.1, 0.15) is 6.54 Å². The van der Waals surface area contributed by atoms with Crippen LogP contribution in [0.5, 0.6) is 0 Å². The van der Waals surface area contributed by atoms with Crippen LogP contribution in [0.15, 0.2) is 36.4 Å². The van der Waals surface area contributed by atoms with Crippen LogP contribution >= 0.6 is 46.4 Å². The van der Waals surface area contributed by atoms with Gasteiger partial charge in [0.15, 0.2) is 0 Å². The maximum atomic E-state index is 12.3. The highest BCUT2D eigenvalue weighted by Crippen LogP contribution is 2.33. The first kappa shape index (κ1) is 20.1. The zero-order valence-corrected chi connectivity index (χ0v) is 16.6. The molecule has 0 heterocycles. The van der Waals surface area contributed by atoms with E-state index in [0.717, 1.165) is 10.6 Å². The lowest BCUT2D eigenvalue weighted by molar-refractivity contribution is -0.114. The molecule has 0 radical (unpaired) electrons. The molecule has 0 spiro atoms. The molecule has 134 valence electrons. The van der Waals surface area contributed by atoms with E-state index >= 15 is 0 Å². The van der Waals surface area contributed by atoms with Crippen molar-refractivity contribution in [2.24, 2.45) is 0 Å². The summed E-state index contributed by atoms with van der Waals surface area (Å²) in [7, 11) is -3.79. The number of carbonyl (C=O) groups excluding carboxylic acids is 1. The van der Waals surface area contributed by atoms with E-state index in [9.17, 15) is 13.2 Å². The van der Waals surface area contributed by atoms with Crippen LogP contribution in [0.4, 0.5) is 11.4 Å². The number of nitrogens with one attached hydrogen (secondary N) is 1. The van der Waals surface area contributed by atoms with Crippen molar-refractivity contribution in [3.63, 3.8) is 0 Å². The summed E-state index contributed by atoms with van der Waals surface area (Å²) >= 11 is 23.9. The fraction of sp³-hybridized carbons (Fsp3) is 0.133. The second-order valence-electron chi connectivity index (χ2n) is 5.01. The summed E-state index contributed by atoms with van der Waals surface area (Å²) in [5.74, 6) is -0.620. The van der Waals surface area contributed by atoms with Crippen molar-refractivity contribution in [2.45, 2.75) is 0 Å². The Hall–Kier alpha value is -1.18. The normalized spacial score (nSPS) is 11.2. The van der Waals surface area contributed by atoms with Crippen LogP contribution in [0.3, 0.4) is 0 Å². The highest BCUT2D eigenvalue weighted by atomic mass is 35.5.